The van der Waals surface area contributed by atoms with Crippen LogP contribution in [0.2, 0.25) is 0 Å². The van der Waals surface area contributed by atoms with Crippen LogP contribution in [0, 0.1) is 26.7 Å². The quantitative estimate of drug-likeness (QED) is 0.901. The van der Waals surface area contributed by atoms with Crippen LogP contribution in [0.5, 0.6) is 5.75 Å². The Labute approximate surface area is 114 Å². The Hall–Kier alpha value is -1.51. The van der Waals surface area contributed by atoms with E-state index in [0.717, 1.165) is 30.6 Å². The molecule has 1 fully saturated rings. The molecule has 104 valence electrons. The van der Waals surface area contributed by atoms with E-state index in [1.165, 1.54) is 11.1 Å². The van der Waals surface area contributed by atoms with Crippen LogP contribution in [0.1, 0.15) is 42.4 Å². The van der Waals surface area contributed by atoms with Crippen LogP contribution in [-0.2, 0) is 4.79 Å². The second-order valence-electron chi connectivity index (χ2n) is 5.60. The fourth-order valence-corrected chi connectivity index (χ4v) is 2.87. The summed E-state index contributed by atoms with van der Waals surface area (Å²) < 4.78 is 6.17. The number of carboxylic acids is 1. The highest BCUT2D eigenvalue weighted by atomic mass is 16.5. The van der Waals surface area contributed by atoms with E-state index in [1.54, 1.807) is 0 Å². The van der Waals surface area contributed by atoms with Crippen molar-refractivity contribution in [2.24, 2.45) is 5.92 Å². The van der Waals surface area contributed by atoms with Crippen molar-refractivity contribution >= 4 is 5.97 Å². The Morgan fingerprint density at radius 2 is 1.95 bits per heavy atom. The molecule has 0 bridgehead atoms. The number of rotatable bonds is 4. The van der Waals surface area contributed by atoms with Gasteiger partial charge in [0.25, 0.3) is 0 Å². The van der Waals surface area contributed by atoms with Gasteiger partial charge >= 0.3 is 5.97 Å². The summed E-state index contributed by atoms with van der Waals surface area (Å²) in [5, 5.41) is 8.96. The summed E-state index contributed by atoms with van der Waals surface area (Å²) in [5.74, 6) is 0.372. The molecule has 0 aromatic heterocycles. The van der Waals surface area contributed by atoms with E-state index in [4.69, 9.17) is 9.84 Å². The first kappa shape index (κ1) is 13.9. The number of benzene rings is 1. The Kier molecular flexibility index (Phi) is 4.13. The molecule has 2 rings (SSSR count). The second-order valence-corrected chi connectivity index (χ2v) is 5.60. The van der Waals surface area contributed by atoms with Gasteiger partial charge in [-0.15, -0.1) is 0 Å². The first-order chi connectivity index (χ1) is 8.99. The monoisotopic (exact) mass is 262 g/mol. The van der Waals surface area contributed by atoms with Crippen molar-refractivity contribution in [1.29, 1.82) is 0 Å². The molecule has 1 aromatic rings. The minimum absolute atomic E-state index is 0.0512. The molecule has 1 aromatic carbocycles. The topological polar surface area (TPSA) is 46.5 Å². The molecular formula is C16H22O3. The van der Waals surface area contributed by atoms with Gasteiger partial charge in [0.15, 0.2) is 0 Å². The lowest BCUT2D eigenvalue weighted by Crippen LogP contribution is -2.24. The van der Waals surface area contributed by atoms with Gasteiger partial charge in [0.1, 0.15) is 11.9 Å². The molecular weight excluding hydrogens is 240 g/mol. The number of ether oxygens (including phenoxy) is 1. The third-order valence-corrected chi connectivity index (χ3v) is 4.17. The van der Waals surface area contributed by atoms with Crippen molar-refractivity contribution < 1.29 is 14.6 Å². The van der Waals surface area contributed by atoms with Crippen molar-refractivity contribution in [3.8, 4) is 5.75 Å². The third kappa shape index (κ3) is 3.09. The fourth-order valence-electron chi connectivity index (χ4n) is 2.87. The van der Waals surface area contributed by atoms with Crippen molar-refractivity contribution in [1.82, 2.24) is 0 Å². The highest BCUT2D eigenvalue weighted by Crippen LogP contribution is 2.35. The molecule has 1 N–H and O–H groups in total. The summed E-state index contributed by atoms with van der Waals surface area (Å²) in [6.07, 6.45) is 3.25. The SMILES string of the molecule is Cc1ccc(C)c(OC2CCCC2CC(=O)O)c1C. The predicted octanol–water partition coefficient (Wildman–Crippen LogP) is 3.63. The van der Waals surface area contributed by atoms with E-state index in [-0.39, 0.29) is 18.4 Å². The lowest BCUT2D eigenvalue weighted by molar-refractivity contribution is -0.138. The summed E-state index contributed by atoms with van der Waals surface area (Å²) in [6.45, 7) is 6.19. The molecule has 1 aliphatic carbocycles. The van der Waals surface area contributed by atoms with E-state index in [1.807, 2.05) is 6.92 Å². The van der Waals surface area contributed by atoms with Gasteiger partial charge in [-0.05, 0) is 56.7 Å². The van der Waals surface area contributed by atoms with Gasteiger partial charge in [-0.1, -0.05) is 12.1 Å². The number of aryl methyl sites for hydroxylation is 2. The summed E-state index contributed by atoms with van der Waals surface area (Å²) in [5.41, 5.74) is 3.51. The number of aliphatic carboxylic acids is 1. The lowest BCUT2D eigenvalue weighted by atomic mass is 10.0. The van der Waals surface area contributed by atoms with Crippen molar-refractivity contribution in [2.75, 3.05) is 0 Å². The van der Waals surface area contributed by atoms with Gasteiger partial charge in [-0.25, -0.2) is 0 Å². The van der Waals surface area contributed by atoms with Gasteiger partial charge in [0.2, 0.25) is 0 Å². The number of carbonyl (C=O) groups is 1. The van der Waals surface area contributed by atoms with Crippen molar-refractivity contribution in [2.45, 2.75) is 52.6 Å². The molecule has 0 saturated heterocycles. The zero-order valence-electron chi connectivity index (χ0n) is 11.9. The molecule has 2 atom stereocenters. The van der Waals surface area contributed by atoms with Crippen LogP contribution in [0.3, 0.4) is 0 Å². The normalized spacial score (nSPS) is 22.5. The van der Waals surface area contributed by atoms with Gasteiger partial charge in [-0.2, -0.15) is 0 Å². The van der Waals surface area contributed by atoms with Gasteiger partial charge in [-0.3, -0.25) is 4.79 Å². The van der Waals surface area contributed by atoms with E-state index in [2.05, 4.69) is 26.0 Å². The first-order valence-electron chi connectivity index (χ1n) is 6.94. The smallest absolute Gasteiger partial charge is 0.303 e. The molecule has 0 radical (unpaired) electrons. The molecule has 1 aliphatic rings. The van der Waals surface area contributed by atoms with Crippen LogP contribution in [0.15, 0.2) is 12.1 Å². The van der Waals surface area contributed by atoms with Crippen molar-refractivity contribution in [3.63, 3.8) is 0 Å². The van der Waals surface area contributed by atoms with Gasteiger partial charge in [0.05, 0.1) is 6.42 Å². The number of carboxylic acid groups (broad SMARTS) is 1. The van der Waals surface area contributed by atoms with Crippen molar-refractivity contribution in [3.05, 3.63) is 28.8 Å². The van der Waals surface area contributed by atoms with Crippen LogP contribution in [0.25, 0.3) is 0 Å². The minimum Gasteiger partial charge on any atom is -0.490 e. The molecule has 0 amide bonds. The zero-order chi connectivity index (χ0) is 14.0. The van der Waals surface area contributed by atoms with Gasteiger partial charge in [0, 0.05) is 5.92 Å². The van der Waals surface area contributed by atoms with Gasteiger partial charge < -0.3 is 9.84 Å². The Bertz CT molecular complexity index is 479. The highest BCUT2D eigenvalue weighted by molar-refractivity contribution is 5.67. The minimum atomic E-state index is -0.724. The predicted molar refractivity (Wildman–Crippen MR) is 74.7 cm³/mol. The summed E-state index contributed by atoms with van der Waals surface area (Å²) >= 11 is 0. The largest absolute Gasteiger partial charge is 0.490 e. The first-order valence-corrected chi connectivity index (χ1v) is 6.94. The summed E-state index contributed by atoms with van der Waals surface area (Å²) in [4.78, 5) is 10.9. The van der Waals surface area contributed by atoms with E-state index < -0.39 is 5.97 Å². The van der Waals surface area contributed by atoms with Crippen LogP contribution >= 0.6 is 0 Å². The lowest BCUT2D eigenvalue weighted by Gasteiger charge is -2.23. The molecule has 1 saturated carbocycles. The molecule has 0 heterocycles. The fraction of sp³-hybridized carbons (Fsp3) is 0.562. The maximum absolute atomic E-state index is 10.9. The maximum Gasteiger partial charge on any atom is 0.303 e. The van der Waals surface area contributed by atoms with Crippen LogP contribution in [0.4, 0.5) is 0 Å². The summed E-state index contributed by atoms with van der Waals surface area (Å²) in [7, 11) is 0. The third-order valence-electron chi connectivity index (χ3n) is 4.17. The summed E-state index contributed by atoms with van der Waals surface area (Å²) in [6, 6.07) is 4.17. The molecule has 3 heteroatoms. The molecule has 0 aliphatic heterocycles. The Morgan fingerprint density at radius 3 is 2.63 bits per heavy atom. The molecule has 2 unspecified atom stereocenters. The molecule has 19 heavy (non-hydrogen) atoms. The second kappa shape index (κ2) is 5.64. The standard InChI is InChI=1S/C16H22O3/c1-10-7-8-11(2)16(12(10)3)19-14-6-4-5-13(14)9-15(17)18/h7-8,13-14H,4-6,9H2,1-3H3,(H,17,18). The average Bonchev–Trinajstić information content (AvgIpc) is 2.76. The maximum atomic E-state index is 10.9. The highest BCUT2D eigenvalue weighted by Gasteiger charge is 2.31. The zero-order valence-corrected chi connectivity index (χ0v) is 11.9. The van der Waals surface area contributed by atoms with E-state index in [0.29, 0.717) is 0 Å². The average molecular weight is 262 g/mol. The Morgan fingerprint density at radius 1 is 1.26 bits per heavy atom. The van der Waals surface area contributed by atoms with E-state index in [9.17, 15) is 4.79 Å². The van der Waals surface area contributed by atoms with E-state index >= 15 is 0 Å². The molecule has 3 nitrogen and oxygen atoms in total. The number of hydrogen-bond donors (Lipinski definition) is 1. The van der Waals surface area contributed by atoms with Crippen LogP contribution in [-0.4, -0.2) is 17.2 Å². The number of hydrogen-bond acceptors (Lipinski definition) is 2. The molecule has 0 spiro atoms. The Balaban J connectivity index is 2.16. The van der Waals surface area contributed by atoms with Crippen LogP contribution < -0.4 is 4.74 Å².